The second-order valence-electron chi connectivity index (χ2n) is 6.94. The molecule has 1 amide bonds. The van der Waals surface area contributed by atoms with Gasteiger partial charge in [0.25, 0.3) is 5.91 Å². The van der Waals surface area contributed by atoms with Crippen molar-refractivity contribution in [2.75, 3.05) is 10.6 Å². The number of anilines is 3. The van der Waals surface area contributed by atoms with Gasteiger partial charge in [-0.15, -0.1) is 0 Å². The van der Waals surface area contributed by atoms with Crippen LogP contribution in [0, 0.1) is 5.82 Å². The van der Waals surface area contributed by atoms with E-state index < -0.39 is 23.2 Å². The summed E-state index contributed by atoms with van der Waals surface area (Å²) in [4.78, 5) is 16.8. The molecule has 32 heavy (non-hydrogen) atoms. The smallest absolute Gasteiger partial charge is 0.323 e. The largest absolute Gasteiger partial charge is 0.418 e. The van der Waals surface area contributed by atoms with Crippen LogP contribution in [0.3, 0.4) is 0 Å². The Morgan fingerprint density at radius 2 is 1.78 bits per heavy atom. The number of hydrogen-bond donors (Lipinski definition) is 2. The number of halogens is 5. The van der Waals surface area contributed by atoms with Crippen molar-refractivity contribution < 1.29 is 22.4 Å². The Labute approximate surface area is 188 Å². The van der Waals surface area contributed by atoms with Gasteiger partial charge in [0.1, 0.15) is 5.82 Å². The molecule has 0 unspecified atom stereocenters. The lowest BCUT2D eigenvalue weighted by Crippen LogP contribution is -2.11. The molecule has 0 atom stereocenters. The summed E-state index contributed by atoms with van der Waals surface area (Å²) in [6.07, 6.45) is -4.74. The topological polar surface area (TPSA) is 59.0 Å². The van der Waals surface area contributed by atoms with E-state index in [1.54, 1.807) is 43.4 Å². The average molecular weight is 507 g/mol. The molecule has 0 spiro atoms. The van der Waals surface area contributed by atoms with Crippen LogP contribution in [-0.4, -0.2) is 15.5 Å². The lowest BCUT2D eigenvalue weighted by Gasteiger charge is -2.14. The zero-order chi connectivity index (χ0) is 23.0. The van der Waals surface area contributed by atoms with Crippen molar-refractivity contribution in [3.05, 3.63) is 82.1 Å². The van der Waals surface area contributed by atoms with Crippen LogP contribution in [0.1, 0.15) is 15.9 Å². The molecule has 1 aromatic heterocycles. The van der Waals surface area contributed by atoms with E-state index in [-0.39, 0.29) is 11.9 Å². The quantitative estimate of drug-likeness (QED) is 0.311. The molecule has 4 aromatic rings. The van der Waals surface area contributed by atoms with Crippen molar-refractivity contribution in [2.45, 2.75) is 6.18 Å². The highest BCUT2D eigenvalue weighted by atomic mass is 79.9. The Balaban J connectivity index is 1.65. The number of aromatic nitrogens is 2. The van der Waals surface area contributed by atoms with E-state index in [0.29, 0.717) is 22.3 Å². The van der Waals surface area contributed by atoms with E-state index in [1.165, 1.54) is 10.6 Å². The molecule has 3 aromatic carbocycles. The molecular formula is C22H15BrF4N4O. The first-order valence-electron chi connectivity index (χ1n) is 9.29. The summed E-state index contributed by atoms with van der Waals surface area (Å²) in [6, 6.07) is 14.5. The van der Waals surface area contributed by atoms with Gasteiger partial charge in [-0.3, -0.25) is 4.79 Å². The fourth-order valence-electron chi connectivity index (χ4n) is 3.19. The maximum Gasteiger partial charge on any atom is 0.418 e. The number of benzene rings is 3. The van der Waals surface area contributed by atoms with Crippen LogP contribution in [-0.2, 0) is 13.2 Å². The van der Waals surface area contributed by atoms with Crippen LogP contribution in [0.25, 0.3) is 11.0 Å². The van der Waals surface area contributed by atoms with Gasteiger partial charge in [-0.25, -0.2) is 9.37 Å². The van der Waals surface area contributed by atoms with Crippen molar-refractivity contribution >= 4 is 50.2 Å². The summed E-state index contributed by atoms with van der Waals surface area (Å²) >= 11 is 3.32. The number of aryl methyl sites for hydroxylation is 1. The van der Waals surface area contributed by atoms with Crippen molar-refractivity contribution in [1.82, 2.24) is 9.55 Å². The van der Waals surface area contributed by atoms with Crippen molar-refractivity contribution in [2.24, 2.45) is 7.05 Å². The maximum atomic E-state index is 14.2. The number of amides is 1. The van der Waals surface area contributed by atoms with Gasteiger partial charge in [0.15, 0.2) is 0 Å². The average Bonchev–Trinajstić information content (AvgIpc) is 3.05. The summed E-state index contributed by atoms with van der Waals surface area (Å²) in [5.74, 6) is -1.43. The number of nitrogens with one attached hydrogen (secondary N) is 2. The maximum absolute atomic E-state index is 14.2. The standard InChI is InChI=1S/C22H15BrF4N4O/c1-31-18-10-5-12(20(32)28-14-8-6-13(23)7-9-14)11-17(18)29-21(31)30-19-15(22(25,26)27)3-2-4-16(19)24/h2-11H,1H3,(H,28,32)(H,29,30). The minimum atomic E-state index is -4.74. The first-order chi connectivity index (χ1) is 15.1. The van der Waals surface area contributed by atoms with Crippen LogP contribution in [0.5, 0.6) is 0 Å². The second-order valence-corrected chi connectivity index (χ2v) is 7.86. The van der Waals surface area contributed by atoms with E-state index in [1.807, 2.05) is 0 Å². The van der Waals surface area contributed by atoms with Gasteiger partial charge in [0, 0.05) is 22.8 Å². The molecule has 0 saturated carbocycles. The van der Waals surface area contributed by atoms with Crippen molar-refractivity contribution in [1.29, 1.82) is 0 Å². The molecule has 0 bridgehead atoms. The number of carbonyl (C=O) groups is 1. The minimum Gasteiger partial charge on any atom is -0.323 e. The molecule has 1 heterocycles. The highest BCUT2D eigenvalue weighted by Crippen LogP contribution is 2.37. The number of carbonyl (C=O) groups excluding carboxylic acids is 1. The van der Waals surface area contributed by atoms with Crippen LogP contribution in [0.15, 0.2) is 65.1 Å². The van der Waals surface area contributed by atoms with Crippen LogP contribution in [0.2, 0.25) is 0 Å². The molecule has 0 radical (unpaired) electrons. The van der Waals surface area contributed by atoms with Gasteiger partial charge in [0.05, 0.1) is 22.3 Å². The highest BCUT2D eigenvalue weighted by Gasteiger charge is 2.35. The number of fused-ring (bicyclic) bond motifs is 1. The number of rotatable bonds is 4. The SMILES string of the molecule is Cn1c(Nc2c(F)cccc2C(F)(F)F)nc2cc(C(=O)Nc3ccc(Br)cc3)ccc21. The fourth-order valence-corrected chi connectivity index (χ4v) is 3.45. The summed E-state index contributed by atoms with van der Waals surface area (Å²) in [5, 5.41) is 5.21. The number of hydrogen-bond acceptors (Lipinski definition) is 3. The van der Waals surface area contributed by atoms with E-state index >= 15 is 0 Å². The minimum absolute atomic E-state index is 0.000989. The summed E-state index contributed by atoms with van der Waals surface area (Å²) in [5.41, 5.74) is -0.0282. The molecule has 0 fully saturated rings. The van der Waals surface area contributed by atoms with Gasteiger partial charge in [0.2, 0.25) is 5.95 Å². The van der Waals surface area contributed by atoms with E-state index in [2.05, 4.69) is 31.5 Å². The number of alkyl halides is 3. The van der Waals surface area contributed by atoms with Gasteiger partial charge in [-0.05, 0) is 54.6 Å². The fraction of sp³-hybridized carbons (Fsp3) is 0.0909. The van der Waals surface area contributed by atoms with E-state index in [0.717, 1.165) is 22.7 Å². The molecule has 10 heteroatoms. The molecule has 0 saturated heterocycles. The monoisotopic (exact) mass is 506 g/mol. The predicted molar refractivity (Wildman–Crippen MR) is 117 cm³/mol. The third-order valence-electron chi connectivity index (χ3n) is 4.80. The van der Waals surface area contributed by atoms with Gasteiger partial charge >= 0.3 is 6.18 Å². The zero-order valence-corrected chi connectivity index (χ0v) is 18.1. The Morgan fingerprint density at radius 3 is 2.47 bits per heavy atom. The Hall–Kier alpha value is -3.40. The van der Waals surface area contributed by atoms with Crippen LogP contribution < -0.4 is 10.6 Å². The number of imidazole rings is 1. The second kappa shape index (κ2) is 8.27. The molecule has 0 aliphatic heterocycles. The third-order valence-corrected chi connectivity index (χ3v) is 5.33. The number of para-hydroxylation sites is 1. The van der Waals surface area contributed by atoms with Gasteiger partial charge < -0.3 is 15.2 Å². The molecule has 4 rings (SSSR count). The number of nitrogens with zero attached hydrogens (tertiary/aromatic N) is 2. The predicted octanol–water partition coefficient (Wildman–Crippen LogP) is 6.49. The molecule has 5 nitrogen and oxygen atoms in total. The molecule has 0 aliphatic carbocycles. The zero-order valence-electron chi connectivity index (χ0n) is 16.5. The Kier molecular flexibility index (Phi) is 5.64. The summed E-state index contributed by atoms with van der Waals surface area (Å²) in [7, 11) is 1.58. The van der Waals surface area contributed by atoms with Crippen molar-refractivity contribution in [3.8, 4) is 0 Å². The Morgan fingerprint density at radius 1 is 1.06 bits per heavy atom. The highest BCUT2D eigenvalue weighted by molar-refractivity contribution is 9.10. The first-order valence-corrected chi connectivity index (χ1v) is 10.1. The first kappa shape index (κ1) is 21.8. The normalized spacial score (nSPS) is 11.6. The van der Waals surface area contributed by atoms with Crippen LogP contribution in [0.4, 0.5) is 34.9 Å². The van der Waals surface area contributed by atoms with Gasteiger partial charge in [-0.2, -0.15) is 13.2 Å². The lowest BCUT2D eigenvalue weighted by molar-refractivity contribution is -0.137. The third kappa shape index (κ3) is 4.31. The lowest BCUT2D eigenvalue weighted by atomic mass is 10.1. The van der Waals surface area contributed by atoms with E-state index in [9.17, 15) is 22.4 Å². The summed E-state index contributed by atoms with van der Waals surface area (Å²) in [6.45, 7) is 0. The van der Waals surface area contributed by atoms with E-state index in [4.69, 9.17) is 0 Å². The Bertz CT molecular complexity index is 1320. The van der Waals surface area contributed by atoms with Gasteiger partial charge in [-0.1, -0.05) is 22.0 Å². The molecule has 164 valence electrons. The molecular weight excluding hydrogens is 492 g/mol. The van der Waals surface area contributed by atoms with Crippen LogP contribution >= 0.6 is 15.9 Å². The molecule has 0 aliphatic rings. The summed E-state index contributed by atoms with van der Waals surface area (Å²) < 4.78 is 56.4. The molecule has 2 N–H and O–H groups in total. The van der Waals surface area contributed by atoms with Crippen molar-refractivity contribution in [3.63, 3.8) is 0 Å².